The first-order chi connectivity index (χ1) is 11.0. The van der Waals surface area contributed by atoms with Gasteiger partial charge in [0.25, 0.3) is 5.91 Å². The average Bonchev–Trinajstić information content (AvgIpc) is 3.29. The summed E-state index contributed by atoms with van der Waals surface area (Å²) in [6.45, 7) is 6.07. The van der Waals surface area contributed by atoms with Crippen LogP contribution in [0.5, 0.6) is 0 Å². The molecule has 0 bridgehead atoms. The summed E-state index contributed by atoms with van der Waals surface area (Å²) in [5, 5.41) is 3.12. The van der Waals surface area contributed by atoms with E-state index in [-0.39, 0.29) is 42.4 Å². The van der Waals surface area contributed by atoms with E-state index in [9.17, 15) is 14.4 Å². The number of nitrogens with zero attached hydrogens (tertiary/aromatic N) is 3. The fourth-order valence-corrected chi connectivity index (χ4v) is 3.31. The van der Waals surface area contributed by atoms with Gasteiger partial charge >= 0.3 is 6.03 Å². The number of carbonyl (C=O) groups excluding carboxylic acids is 3. The van der Waals surface area contributed by atoms with Crippen molar-refractivity contribution in [2.75, 3.05) is 26.3 Å². The summed E-state index contributed by atoms with van der Waals surface area (Å²) < 4.78 is 0. The number of imide groups is 1. The molecule has 128 valence electrons. The van der Waals surface area contributed by atoms with Gasteiger partial charge in [-0.3, -0.25) is 19.4 Å². The minimum Gasteiger partial charge on any atom is -0.353 e. The van der Waals surface area contributed by atoms with Crippen LogP contribution in [0.3, 0.4) is 0 Å². The number of piperidine rings is 1. The van der Waals surface area contributed by atoms with E-state index >= 15 is 0 Å². The first-order valence-electron chi connectivity index (χ1n) is 8.59. The van der Waals surface area contributed by atoms with Gasteiger partial charge in [0.15, 0.2) is 0 Å². The van der Waals surface area contributed by atoms with Crippen LogP contribution in [0.25, 0.3) is 0 Å². The quantitative estimate of drug-likeness (QED) is 0.753. The SMILES string of the molecule is CC(C)N1C(=O)CN(CN2CCC(NC(=O)C3CC3)CC2)C1=O. The molecule has 0 aromatic rings. The number of hydrogen-bond acceptors (Lipinski definition) is 4. The van der Waals surface area contributed by atoms with Crippen molar-refractivity contribution < 1.29 is 14.4 Å². The van der Waals surface area contributed by atoms with Crippen LogP contribution in [0.1, 0.15) is 39.5 Å². The first kappa shape index (κ1) is 16.2. The number of urea groups is 1. The van der Waals surface area contributed by atoms with Crippen LogP contribution in [0.2, 0.25) is 0 Å². The van der Waals surface area contributed by atoms with E-state index < -0.39 is 0 Å². The highest BCUT2D eigenvalue weighted by atomic mass is 16.2. The smallest absolute Gasteiger partial charge is 0.328 e. The van der Waals surface area contributed by atoms with Crippen LogP contribution in [0, 0.1) is 5.92 Å². The van der Waals surface area contributed by atoms with Crippen LogP contribution in [0.4, 0.5) is 4.79 Å². The van der Waals surface area contributed by atoms with Crippen molar-refractivity contribution in [3.05, 3.63) is 0 Å². The van der Waals surface area contributed by atoms with Crippen molar-refractivity contribution >= 4 is 17.8 Å². The molecular formula is C16H26N4O3. The van der Waals surface area contributed by atoms with Crippen molar-refractivity contribution in [2.45, 2.75) is 51.6 Å². The van der Waals surface area contributed by atoms with Gasteiger partial charge in [-0.15, -0.1) is 0 Å². The van der Waals surface area contributed by atoms with Gasteiger partial charge in [-0.2, -0.15) is 0 Å². The predicted octanol–water partition coefficient (Wildman–Crippen LogP) is 0.607. The summed E-state index contributed by atoms with van der Waals surface area (Å²) in [4.78, 5) is 41.1. The molecule has 4 amide bonds. The Morgan fingerprint density at radius 3 is 2.35 bits per heavy atom. The number of rotatable bonds is 5. The van der Waals surface area contributed by atoms with Gasteiger partial charge < -0.3 is 10.2 Å². The summed E-state index contributed by atoms with van der Waals surface area (Å²) in [5.41, 5.74) is 0. The molecule has 2 aliphatic heterocycles. The van der Waals surface area contributed by atoms with E-state index in [4.69, 9.17) is 0 Å². The minimum atomic E-state index is -0.186. The van der Waals surface area contributed by atoms with Crippen LogP contribution in [-0.2, 0) is 9.59 Å². The second-order valence-corrected chi connectivity index (χ2v) is 7.15. The Balaban J connectivity index is 1.44. The number of hydrogen-bond donors (Lipinski definition) is 1. The van der Waals surface area contributed by atoms with Gasteiger partial charge in [-0.25, -0.2) is 4.79 Å². The molecule has 7 heteroatoms. The summed E-state index contributed by atoms with van der Waals surface area (Å²) in [6.07, 6.45) is 3.87. The highest BCUT2D eigenvalue weighted by Gasteiger charge is 2.38. The summed E-state index contributed by atoms with van der Waals surface area (Å²) in [7, 11) is 0. The molecule has 2 heterocycles. The van der Waals surface area contributed by atoms with Crippen molar-refractivity contribution in [2.24, 2.45) is 5.92 Å². The third-order valence-corrected chi connectivity index (χ3v) is 4.84. The molecular weight excluding hydrogens is 296 g/mol. The Morgan fingerprint density at radius 1 is 1.17 bits per heavy atom. The van der Waals surface area contributed by atoms with E-state index in [0.29, 0.717) is 6.67 Å². The van der Waals surface area contributed by atoms with Crippen LogP contribution in [0.15, 0.2) is 0 Å². The lowest BCUT2D eigenvalue weighted by molar-refractivity contribution is -0.126. The minimum absolute atomic E-state index is 0.0941. The van der Waals surface area contributed by atoms with Crippen molar-refractivity contribution in [3.8, 4) is 0 Å². The van der Waals surface area contributed by atoms with Gasteiger partial charge in [0.2, 0.25) is 5.91 Å². The van der Waals surface area contributed by atoms with Gasteiger partial charge in [0, 0.05) is 31.1 Å². The zero-order chi connectivity index (χ0) is 16.6. The second-order valence-electron chi connectivity index (χ2n) is 7.15. The number of likely N-dealkylation sites (tertiary alicyclic amines) is 1. The van der Waals surface area contributed by atoms with Crippen LogP contribution >= 0.6 is 0 Å². The summed E-state index contributed by atoms with van der Waals surface area (Å²) in [5.74, 6) is 0.344. The number of amides is 4. The Kier molecular flexibility index (Phi) is 4.57. The maximum absolute atomic E-state index is 12.3. The molecule has 0 atom stereocenters. The topological polar surface area (TPSA) is 73.0 Å². The fraction of sp³-hybridized carbons (Fsp3) is 0.812. The molecule has 0 aromatic carbocycles. The van der Waals surface area contributed by atoms with E-state index in [1.807, 2.05) is 13.8 Å². The Morgan fingerprint density at radius 2 is 1.83 bits per heavy atom. The zero-order valence-electron chi connectivity index (χ0n) is 14.0. The molecule has 0 radical (unpaired) electrons. The highest BCUT2D eigenvalue weighted by molar-refractivity contribution is 6.02. The summed E-state index contributed by atoms with van der Waals surface area (Å²) in [6, 6.07) is -0.0278. The van der Waals surface area contributed by atoms with Gasteiger partial charge in [-0.1, -0.05) is 0 Å². The van der Waals surface area contributed by atoms with Crippen molar-refractivity contribution in [1.82, 2.24) is 20.0 Å². The Hall–Kier alpha value is -1.63. The standard InChI is InChI=1S/C16H26N4O3/c1-11(2)20-14(21)9-19(16(20)23)10-18-7-5-13(6-8-18)17-15(22)12-3-4-12/h11-13H,3-10H2,1-2H3,(H,17,22). The fourth-order valence-electron chi connectivity index (χ4n) is 3.31. The summed E-state index contributed by atoms with van der Waals surface area (Å²) >= 11 is 0. The Labute approximate surface area is 137 Å². The molecule has 3 fully saturated rings. The van der Waals surface area contributed by atoms with Crippen LogP contribution < -0.4 is 5.32 Å². The largest absolute Gasteiger partial charge is 0.353 e. The lowest BCUT2D eigenvalue weighted by Crippen LogP contribution is -2.49. The lowest BCUT2D eigenvalue weighted by atomic mass is 10.1. The van der Waals surface area contributed by atoms with Gasteiger partial charge in [0.1, 0.15) is 6.54 Å². The molecule has 1 N–H and O–H groups in total. The van der Waals surface area contributed by atoms with Crippen molar-refractivity contribution in [1.29, 1.82) is 0 Å². The number of nitrogens with one attached hydrogen (secondary N) is 1. The van der Waals surface area contributed by atoms with E-state index in [1.54, 1.807) is 4.90 Å². The lowest BCUT2D eigenvalue weighted by Gasteiger charge is -2.34. The molecule has 0 spiro atoms. The van der Waals surface area contributed by atoms with Gasteiger partial charge in [0.05, 0.1) is 6.67 Å². The monoisotopic (exact) mass is 322 g/mol. The highest BCUT2D eigenvalue weighted by Crippen LogP contribution is 2.29. The first-order valence-corrected chi connectivity index (χ1v) is 8.59. The third-order valence-electron chi connectivity index (χ3n) is 4.84. The molecule has 3 aliphatic rings. The molecule has 1 aliphatic carbocycles. The molecule has 3 rings (SSSR count). The predicted molar refractivity (Wildman–Crippen MR) is 84.4 cm³/mol. The van der Waals surface area contributed by atoms with Crippen molar-refractivity contribution in [3.63, 3.8) is 0 Å². The molecule has 23 heavy (non-hydrogen) atoms. The van der Waals surface area contributed by atoms with E-state index in [1.165, 1.54) is 4.90 Å². The van der Waals surface area contributed by atoms with E-state index in [0.717, 1.165) is 38.8 Å². The molecule has 7 nitrogen and oxygen atoms in total. The third kappa shape index (κ3) is 3.65. The zero-order valence-corrected chi connectivity index (χ0v) is 14.0. The second kappa shape index (κ2) is 6.47. The average molecular weight is 322 g/mol. The molecule has 0 aromatic heterocycles. The Bertz CT molecular complexity index is 496. The molecule has 2 saturated heterocycles. The molecule has 1 saturated carbocycles. The molecule has 0 unspecified atom stereocenters. The van der Waals surface area contributed by atoms with E-state index in [2.05, 4.69) is 10.2 Å². The van der Waals surface area contributed by atoms with Crippen LogP contribution in [-0.4, -0.2) is 70.9 Å². The maximum Gasteiger partial charge on any atom is 0.328 e. The normalized spacial score (nSPS) is 24.0. The van der Waals surface area contributed by atoms with Gasteiger partial charge in [-0.05, 0) is 39.5 Å². The maximum atomic E-state index is 12.3. The number of carbonyl (C=O) groups is 3.